The summed E-state index contributed by atoms with van der Waals surface area (Å²) in [5, 5.41) is 9.15. The van der Waals surface area contributed by atoms with Gasteiger partial charge in [0.2, 0.25) is 10.0 Å². The van der Waals surface area contributed by atoms with Gasteiger partial charge in [0, 0.05) is 24.2 Å². The fraction of sp³-hybridized carbons (Fsp3) is 0.250. The Morgan fingerprint density at radius 3 is 2.57 bits per heavy atom. The molecule has 0 aliphatic heterocycles. The van der Waals surface area contributed by atoms with E-state index in [0.717, 1.165) is 6.26 Å². The topological polar surface area (TPSA) is 117 Å². The molecule has 0 bridgehead atoms. The molecule has 0 radical (unpaired) electrons. The number of rotatable bonds is 6. The van der Waals surface area contributed by atoms with Crippen LogP contribution in [0, 0.1) is 0 Å². The SMILES string of the molecule is CS(=O)(=O)Nc1ccc(C(=O)NCCc2ncn[nH]2)cc1. The predicted molar refractivity (Wildman–Crippen MR) is 77.3 cm³/mol. The molecule has 2 aromatic rings. The van der Waals surface area contributed by atoms with Gasteiger partial charge in [0.05, 0.1) is 6.26 Å². The molecule has 3 N–H and O–H groups in total. The lowest BCUT2D eigenvalue weighted by molar-refractivity contribution is 0.0954. The minimum Gasteiger partial charge on any atom is -0.352 e. The maximum absolute atomic E-state index is 11.9. The number of amides is 1. The molecule has 1 heterocycles. The lowest BCUT2D eigenvalue weighted by atomic mass is 10.2. The van der Waals surface area contributed by atoms with Gasteiger partial charge in [-0.15, -0.1) is 0 Å². The third-order valence-electron chi connectivity index (χ3n) is 2.56. The summed E-state index contributed by atoms with van der Waals surface area (Å²) in [5.41, 5.74) is 0.863. The van der Waals surface area contributed by atoms with Crippen molar-refractivity contribution in [3.63, 3.8) is 0 Å². The highest BCUT2D eigenvalue weighted by Gasteiger charge is 2.07. The van der Waals surface area contributed by atoms with Gasteiger partial charge in [-0.1, -0.05) is 0 Å². The minimum absolute atomic E-state index is 0.236. The van der Waals surface area contributed by atoms with E-state index in [0.29, 0.717) is 30.0 Å². The zero-order valence-corrected chi connectivity index (χ0v) is 12.1. The van der Waals surface area contributed by atoms with E-state index in [9.17, 15) is 13.2 Å². The van der Waals surface area contributed by atoms with Crippen LogP contribution in [0.5, 0.6) is 0 Å². The van der Waals surface area contributed by atoms with Gasteiger partial charge in [-0.2, -0.15) is 5.10 Å². The maximum Gasteiger partial charge on any atom is 0.251 e. The number of benzene rings is 1. The molecule has 0 aliphatic rings. The normalized spacial score (nSPS) is 11.1. The van der Waals surface area contributed by atoms with E-state index in [1.807, 2.05) is 0 Å². The van der Waals surface area contributed by atoms with Gasteiger partial charge in [0.1, 0.15) is 12.2 Å². The first-order chi connectivity index (χ1) is 9.94. The van der Waals surface area contributed by atoms with Gasteiger partial charge in [0.25, 0.3) is 5.91 Å². The Bertz CT molecular complexity index is 695. The average molecular weight is 309 g/mol. The van der Waals surface area contributed by atoms with Crippen molar-refractivity contribution < 1.29 is 13.2 Å². The Balaban J connectivity index is 1.87. The molecule has 8 nitrogen and oxygen atoms in total. The third kappa shape index (κ3) is 4.88. The van der Waals surface area contributed by atoms with Crippen LogP contribution < -0.4 is 10.0 Å². The number of H-pyrrole nitrogens is 1. The number of hydrogen-bond donors (Lipinski definition) is 3. The molecule has 1 amide bonds. The van der Waals surface area contributed by atoms with Gasteiger partial charge in [-0.05, 0) is 24.3 Å². The van der Waals surface area contributed by atoms with Crippen LogP contribution in [0.15, 0.2) is 30.6 Å². The molecule has 0 spiro atoms. The number of nitrogens with zero attached hydrogens (tertiary/aromatic N) is 2. The van der Waals surface area contributed by atoms with Crippen molar-refractivity contribution in [2.45, 2.75) is 6.42 Å². The van der Waals surface area contributed by atoms with Crippen molar-refractivity contribution in [2.24, 2.45) is 0 Å². The van der Waals surface area contributed by atoms with Crippen molar-refractivity contribution in [2.75, 3.05) is 17.5 Å². The van der Waals surface area contributed by atoms with E-state index >= 15 is 0 Å². The Labute approximate surface area is 122 Å². The smallest absolute Gasteiger partial charge is 0.251 e. The van der Waals surface area contributed by atoms with Crippen molar-refractivity contribution in [1.29, 1.82) is 0 Å². The largest absolute Gasteiger partial charge is 0.352 e. The number of aromatic nitrogens is 3. The van der Waals surface area contributed by atoms with Crippen LogP contribution >= 0.6 is 0 Å². The summed E-state index contributed by atoms with van der Waals surface area (Å²) < 4.78 is 24.5. The monoisotopic (exact) mass is 309 g/mol. The number of carbonyl (C=O) groups excluding carboxylic acids is 1. The highest BCUT2D eigenvalue weighted by atomic mass is 32.2. The summed E-state index contributed by atoms with van der Waals surface area (Å²) in [6.45, 7) is 0.428. The fourth-order valence-electron chi connectivity index (χ4n) is 1.65. The first-order valence-electron chi connectivity index (χ1n) is 6.14. The predicted octanol–water partition coefficient (Wildman–Crippen LogP) is 0.149. The zero-order valence-electron chi connectivity index (χ0n) is 11.3. The van der Waals surface area contributed by atoms with Crippen LogP contribution in [-0.2, 0) is 16.4 Å². The molecule has 1 aromatic carbocycles. The second kappa shape index (κ2) is 6.35. The van der Waals surface area contributed by atoms with E-state index in [2.05, 4.69) is 25.2 Å². The molecular formula is C12H15N5O3S. The average Bonchev–Trinajstić information content (AvgIpc) is 2.91. The Morgan fingerprint density at radius 1 is 1.29 bits per heavy atom. The molecule has 1 aromatic heterocycles. The Morgan fingerprint density at radius 2 is 2.00 bits per heavy atom. The quantitative estimate of drug-likeness (QED) is 0.702. The van der Waals surface area contributed by atoms with Crippen LogP contribution in [0.3, 0.4) is 0 Å². The number of nitrogens with one attached hydrogen (secondary N) is 3. The summed E-state index contributed by atoms with van der Waals surface area (Å²) in [6, 6.07) is 6.17. The highest BCUT2D eigenvalue weighted by molar-refractivity contribution is 7.92. The fourth-order valence-corrected chi connectivity index (χ4v) is 2.22. The van der Waals surface area contributed by atoms with Gasteiger partial charge in [-0.25, -0.2) is 13.4 Å². The molecule has 0 fully saturated rings. The van der Waals surface area contributed by atoms with Crippen LogP contribution in [0.1, 0.15) is 16.2 Å². The van der Waals surface area contributed by atoms with Crippen molar-refractivity contribution in [3.8, 4) is 0 Å². The van der Waals surface area contributed by atoms with Crippen LogP contribution in [-0.4, -0.2) is 42.3 Å². The molecule has 112 valence electrons. The standard InChI is InChI=1S/C12H15N5O3S/c1-21(19,20)17-10-4-2-9(3-5-10)12(18)13-7-6-11-14-8-15-16-11/h2-5,8,17H,6-7H2,1H3,(H,13,18)(H,14,15,16). The number of sulfonamides is 1. The van der Waals surface area contributed by atoms with Crippen molar-refractivity contribution in [1.82, 2.24) is 20.5 Å². The van der Waals surface area contributed by atoms with Crippen LogP contribution in [0.4, 0.5) is 5.69 Å². The van der Waals surface area contributed by atoms with Gasteiger partial charge in [-0.3, -0.25) is 14.6 Å². The third-order valence-corrected chi connectivity index (χ3v) is 3.17. The van der Waals surface area contributed by atoms with E-state index in [4.69, 9.17) is 0 Å². The highest BCUT2D eigenvalue weighted by Crippen LogP contribution is 2.10. The van der Waals surface area contributed by atoms with Gasteiger partial charge in [0.15, 0.2) is 0 Å². The molecule has 2 rings (SSSR count). The number of carbonyl (C=O) groups is 1. The summed E-state index contributed by atoms with van der Waals surface area (Å²) in [5.74, 6) is 0.462. The van der Waals surface area contributed by atoms with E-state index in [1.165, 1.54) is 18.5 Å². The lowest BCUT2D eigenvalue weighted by Gasteiger charge is -2.06. The molecule has 0 atom stereocenters. The number of anilines is 1. The van der Waals surface area contributed by atoms with Crippen molar-refractivity contribution in [3.05, 3.63) is 42.0 Å². The summed E-state index contributed by atoms with van der Waals surface area (Å²) in [4.78, 5) is 15.8. The summed E-state index contributed by atoms with van der Waals surface area (Å²) in [6.07, 6.45) is 3.03. The Kier molecular flexibility index (Phi) is 4.53. The molecular weight excluding hydrogens is 294 g/mol. The van der Waals surface area contributed by atoms with Crippen LogP contribution in [0.25, 0.3) is 0 Å². The molecule has 0 saturated heterocycles. The molecule has 0 aliphatic carbocycles. The first-order valence-corrected chi connectivity index (χ1v) is 8.03. The summed E-state index contributed by atoms with van der Waals surface area (Å²) in [7, 11) is -3.32. The number of hydrogen-bond acceptors (Lipinski definition) is 5. The Hall–Kier alpha value is -2.42. The second-order valence-electron chi connectivity index (χ2n) is 4.39. The zero-order chi connectivity index (χ0) is 15.3. The lowest BCUT2D eigenvalue weighted by Crippen LogP contribution is -2.25. The van der Waals surface area contributed by atoms with E-state index < -0.39 is 10.0 Å². The van der Waals surface area contributed by atoms with E-state index in [-0.39, 0.29) is 5.91 Å². The summed E-state index contributed by atoms with van der Waals surface area (Å²) >= 11 is 0. The number of aromatic amines is 1. The minimum atomic E-state index is -3.32. The van der Waals surface area contributed by atoms with E-state index in [1.54, 1.807) is 12.1 Å². The van der Waals surface area contributed by atoms with Gasteiger partial charge >= 0.3 is 0 Å². The maximum atomic E-state index is 11.9. The van der Waals surface area contributed by atoms with Crippen molar-refractivity contribution >= 4 is 21.6 Å². The van der Waals surface area contributed by atoms with Crippen LogP contribution in [0.2, 0.25) is 0 Å². The molecule has 21 heavy (non-hydrogen) atoms. The van der Waals surface area contributed by atoms with Gasteiger partial charge < -0.3 is 5.32 Å². The second-order valence-corrected chi connectivity index (χ2v) is 6.14. The first kappa shape index (κ1) is 15.0. The molecule has 9 heteroatoms. The molecule has 0 saturated carbocycles. The molecule has 0 unspecified atom stereocenters.